The zero-order chi connectivity index (χ0) is 13.1. The van der Waals surface area contributed by atoms with Crippen LogP contribution < -0.4 is 61.6 Å². The van der Waals surface area contributed by atoms with Gasteiger partial charge in [0.2, 0.25) is 0 Å². The Morgan fingerprint density at radius 3 is 2.33 bits per heavy atom. The first-order valence-corrected chi connectivity index (χ1v) is 5.43. The quantitative estimate of drug-likeness (QED) is 0.560. The molecule has 96 valence electrons. The number of benzene rings is 1. The molecule has 0 aromatic heterocycles. The van der Waals surface area contributed by atoms with Gasteiger partial charge in [0.05, 0.1) is 6.61 Å². The molecule has 0 saturated carbocycles. The molecule has 0 atom stereocenters. The normalized spacial score (nSPS) is 11.3. The predicted molar refractivity (Wildman–Crippen MR) is 60.1 cm³/mol. The van der Waals surface area contributed by atoms with Crippen LogP contribution >= 0.6 is 0 Å². The van der Waals surface area contributed by atoms with Crippen molar-refractivity contribution >= 4 is 12.4 Å². The largest absolute Gasteiger partial charge is 1.00 e. The van der Waals surface area contributed by atoms with Crippen molar-refractivity contribution in [1.29, 1.82) is 0 Å². The minimum Gasteiger partial charge on any atom is -0.491 e. The van der Waals surface area contributed by atoms with Crippen LogP contribution in [0.3, 0.4) is 0 Å². The van der Waals surface area contributed by atoms with E-state index in [-0.39, 0.29) is 63.7 Å². The third-order valence-electron chi connectivity index (χ3n) is 2.29. The van der Waals surface area contributed by atoms with Crippen LogP contribution in [0.4, 0.5) is 17.3 Å². The van der Waals surface area contributed by atoms with E-state index in [9.17, 15) is 17.3 Å². The molecule has 0 heterocycles. The summed E-state index contributed by atoms with van der Waals surface area (Å²) in [6.45, 7) is -1.00. The molecule has 1 rings (SSSR count). The molecule has 1 aromatic carbocycles. The van der Waals surface area contributed by atoms with Gasteiger partial charge in [-0.15, -0.1) is 5.46 Å². The molecule has 1 nitrogen and oxygen atoms in total. The Kier molecular flexibility index (Phi) is 8.09. The van der Waals surface area contributed by atoms with E-state index in [0.717, 1.165) is 18.2 Å². The molecule has 0 spiro atoms. The average Bonchev–Trinajstić information content (AvgIpc) is 2.18. The SMILES string of the molecule is CC(C)CCOc1cc([B-](F)(F)F)ccc1F.[K+]. The molecule has 0 aliphatic heterocycles. The third-order valence-corrected chi connectivity index (χ3v) is 2.29. The van der Waals surface area contributed by atoms with Gasteiger partial charge in [0.15, 0.2) is 11.6 Å². The summed E-state index contributed by atoms with van der Waals surface area (Å²) in [5, 5.41) is 0. The Balaban J connectivity index is 0.00000289. The molecule has 0 fully saturated rings. The van der Waals surface area contributed by atoms with Gasteiger partial charge >= 0.3 is 58.4 Å². The minimum atomic E-state index is -5.12. The Labute approximate surface area is 147 Å². The second-order valence-corrected chi connectivity index (χ2v) is 4.30. The number of halogens is 4. The summed E-state index contributed by atoms with van der Waals surface area (Å²) >= 11 is 0. The molecular formula is C11H14BF4KO. The Morgan fingerprint density at radius 2 is 1.83 bits per heavy atom. The van der Waals surface area contributed by atoms with Crippen molar-refractivity contribution in [3.05, 3.63) is 24.0 Å². The van der Waals surface area contributed by atoms with Crippen LogP contribution in [0.25, 0.3) is 0 Å². The average molecular weight is 288 g/mol. The molecule has 7 heteroatoms. The first-order valence-electron chi connectivity index (χ1n) is 5.43. The fourth-order valence-corrected chi connectivity index (χ4v) is 1.24. The van der Waals surface area contributed by atoms with Gasteiger partial charge in [-0.1, -0.05) is 19.9 Å². The van der Waals surface area contributed by atoms with Gasteiger partial charge in [-0.25, -0.2) is 4.39 Å². The van der Waals surface area contributed by atoms with E-state index in [2.05, 4.69) is 0 Å². The van der Waals surface area contributed by atoms with E-state index in [4.69, 9.17) is 4.74 Å². The van der Waals surface area contributed by atoms with E-state index < -0.39 is 18.3 Å². The summed E-state index contributed by atoms with van der Waals surface area (Å²) in [4.78, 5) is 0. The fraction of sp³-hybridized carbons (Fsp3) is 0.455. The van der Waals surface area contributed by atoms with Crippen LogP contribution in [0.5, 0.6) is 5.75 Å². The zero-order valence-corrected chi connectivity index (χ0v) is 13.8. The molecule has 0 bridgehead atoms. The summed E-state index contributed by atoms with van der Waals surface area (Å²) in [7, 11) is 0. The molecule has 18 heavy (non-hydrogen) atoms. The van der Waals surface area contributed by atoms with Gasteiger partial charge in [-0.3, -0.25) is 0 Å². The molecule has 1 aromatic rings. The number of rotatable bonds is 5. The number of hydrogen-bond acceptors (Lipinski definition) is 1. The summed E-state index contributed by atoms with van der Waals surface area (Å²) < 4.78 is 55.5. The maximum atomic E-state index is 13.2. The van der Waals surface area contributed by atoms with E-state index in [1.54, 1.807) is 0 Å². The van der Waals surface area contributed by atoms with Crippen molar-refractivity contribution in [3.8, 4) is 5.75 Å². The summed E-state index contributed by atoms with van der Waals surface area (Å²) in [6.07, 6.45) is 0.667. The molecule has 0 saturated heterocycles. The van der Waals surface area contributed by atoms with Crippen LogP contribution in [0.2, 0.25) is 0 Å². The third kappa shape index (κ3) is 6.06. The Morgan fingerprint density at radius 1 is 1.22 bits per heavy atom. The van der Waals surface area contributed by atoms with E-state index >= 15 is 0 Å². The van der Waals surface area contributed by atoms with Crippen molar-refractivity contribution in [2.24, 2.45) is 5.92 Å². The van der Waals surface area contributed by atoms with Crippen molar-refractivity contribution < 1.29 is 73.5 Å². The van der Waals surface area contributed by atoms with Gasteiger partial charge in [-0.05, 0) is 24.5 Å². The number of hydrogen-bond donors (Lipinski definition) is 0. The second-order valence-electron chi connectivity index (χ2n) is 4.30. The molecular weight excluding hydrogens is 274 g/mol. The number of ether oxygens (including phenoxy) is 1. The maximum absolute atomic E-state index is 13.2. The van der Waals surface area contributed by atoms with Crippen LogP contribution in [-0.4, -0.2) is 13.6 Å². The molecule has 0 radical (unpaired) electrons. The molecule has 0 aliphatic carbocycles. The van der Waals surface area contributed by atoms with Gasteiger partial charge in [0.25, 0.3) is 0 Å². The maximum Gasteiger partial charge on any atom is 1.00 e. The van der Waals surface area contributed by atoms with E-state index in [1.807, 2.05) is 13.8 Å². The van der Waals surface area contributed by atoms with Crippen LogP contribution in [0, 0.1) is 11.7 Å². The topological polar surface area (TPSA) is 9.23 Å². The summed E-state index contributed by atoms with van der Waals surface area (Å²) in [6, 6.07) is 2.23. The molecule has 0 unspecified atom stereocenters. The van der Waals surface area contributed by atoms with Gasteiger partial charge in [0.1, 0.15) is 0 Å². The van der Waals surface area contributed by atoms with Crippen molar-refractivity contribution in [1.82, 2.24) is 0 Å². The molecule has 0 N–H and O–H groups in total. The predicted octanol–water partition coefficient (Wildman–Crippen LogP) is 0.309. The first kappa shape index (κ1) is 18.4. The Hall–Kier alpha value is 0.441. The smallest absolute Gasteiger partial charge is 0.491 e. The van der Waals surface area contributed by atoms with Crippen LogP contribution in [0.15, 0.2) is 18.2 Å². The minimum absolute atomic E-state index is 0. The first-order chi connectivity index (χ1) is 7.80. The standard InChI is InChI=1S/C11H14BF4O.K/c1-8(2)5-6-17-11-7-9(12(14,15)16)3-4-10(11)13;/h3-4,7-8H,5-6H2,1-2H3;/q-1;+1. The van der Waals surface area contributed by atoms with Crippen LogP contribution in [0.1, 0.15) is 20.3 Å². The summed E-state index contributed by atoms with van der Waals surface area (Å²) in [5.41, 5.74) is -0.842. The fourth-order valence-electron chi connectivity index (χ4n) is 1.24. The van der Waals surface area contributed by atoms with E-state index in [0.29, 0.717) is 12.3 Å². The van der Waals surface area contributed by atoms with Crippen molar-refractivity contribution in [2.75, 3.05) is 6.61 Å². The van der Waals surface area contributed by atoms with Crippen LogP contribution in [-0.2, 0) is 0 Å². The van der Waals surface area contributed by atoms with E-state index in [1.165, 1.54) is 0 Å². The van der Waals surface area contributed by atoms with Gasteiger partial charge in [-0.2, -0.15) is 0 Å². The van der Waals surface area contributed by atoms with Crippen molar-refractivity contribution in [2.45, 2.75) is 20.3 Å². The monoisotopic (exact) mass is 288 g/mol. The second kappa shape index (κ2) is 7.89. The molecule has 0 aliphatic rings. The van der Waals surface area contributed by atoms with Crippen molar-refractivity contribution in [3.63, 3.8) is 0 Å². The van der Waals surface area contributed by atoms with Gasteiger partial charge < -0.3 is 17.7 Å². The van der Waals surface area contributed by atoms with Gasteiger partial charge in [0, 0.05) is 0 Å². The molecule has 0 amide bonds. The zero-order valence-electron chi connectivity index (χ0n) is 10.7. The Bertz CT molecular complexity index is 382. The summed E-state index contributed by atoms with van der Waals surface area (Å²) in [5.74, 6) is -0.743.